The molecule has 138 valence electrons. The third kappa shape index (κ3) is 3.88. The monoisotopic (exact) mass is 397 g/mol. The molecule has 0 spiro atoms. The zero-order valence-electron chi connectivity index (χ0n) is 13.6. The van der Waals surface area contributed by atoms with Crippen LogP contribution in [0.15, 0.2) is 40.1 Å². The quantitative estimate of drug-likeness (QED) is 0.761. The molecular formula is C16H16ClN3O5S. The van der Waals surface area contributed by atoms with Crippen LogP contribution in [0.1, 0.15) is 22.3 Å². The number of amides is 1. The van der Waals surface area contributed by atoms with Gasteiger partial charge in [0.05, 0.1) is 18.1 Å². The Bertz CT molecular complexity index is 1070. The van der Waals surface area contributed by atoms with Crippen LogP contribution in [0.3, 0.4) is 0 Å². The Balaban J connectivity index is 1.88. The standard InChI is InChI=1S/C16H16ClN3O5S/c17-13-4-2-1-3-10(13)8-20-15(22)12(7-18-16(20)23)14(21)19-11-5-6-26(24,25)9-11/h1-4,7,11H,5-6,8-9H2,(H,18,23)(H,19,21). The van der Waals surface area contributed by atoms with Crippen molar-refractivity contribution in [1.82, 2.24) is 14.9 Å². The van der Waals surface area contributed by atoms with E-state index in [0.29, 0.717) is 17.0 Å². The molecule has 1 aromatic carbocycles. The number of nitrogens with zero attached hydrogens (tertiary/aromatic N) is 1. The molecule has 1 saturated heterocycles. The van der Waals surface area contributed by atoms with Gasteiger partial charge in [0.1, 0.15) is 5.56 Å². The number of carbonyl (C=O) groups is 1. The topological polar surface area (TPSA) is 118 Å². The lowest BCUT2D eigenvalue weighted by Gasteiger charge is -2.12. The first-order chi connectivity index (χ1) is 12.3. The fourth-order valence-electron chi connectivity index (χ4n) is 2.79. The minimum absolute atomic E-state index is 0.000305. The Morgan fingerprint density at radius 2 is 2.04 bits per heavy atom. The Morgan fingerprint density at radius 1 is 1.31 bits per heavy atom. The number of H-pyrrole nitrogens is 1. The summed E-state index contributed by atoms with van der Waals surface area (Å²) in [4.78, 5) is 39.3. The molecule has 1 atom stereocenters. The Hall–Kier alpha value is -2.39. The number of rotatable bonds is 4. The van der Waals surface area contributed by atoms with Crippen molar-refractivity contribution in [3.63, 3.8) is 0 Å². The molecule has 0 bridgehead atoms. The molecule has 26 heavy (non-hydrogen) atoms. The summed E-state index contributed by atoms with van der Waals surface area (Å²) < 4.78 is 23.8. The van der Waals surface area contributed by atoms with E-state index in [1.807, 2.05) is 0 Å². The molecule has 1 amide bonds. The predicted molar refractivity (Wildman–Crippen MR) is 96.4 cm³/mol. The van der Waals surface area contributed by atoms with Gasteiger partial charge in [0.2, 0.25) is 0 Å². The summed E-state index contributed by atoms with van der Waals surface area (Å²) in [7, 11) is -3.16. The van der Waals surface area contributed by atoms with Crippen LogP contribution in [0.2, 0.25) is 5.02 Å². The summed E-state index contributed by atoms with van der Waals surface area (Å²) in [5, 5.41) is 2.93. The fourth-order valence-corrected chi connectivity index (χ4v) is 4.66. The van der Waals surface area contributed by atoms with Gasteiger partial charge in [0.25, 0.3) is 11.5 Å². The number of aromatic nitrogens is 2. The first-order valence-corrected chi connectivity index (χ1v) is 10.0. The van der Waals surface area contributed by atoms with E-state index in [2.05, 4.69) is 10.3 Å². The van der Waals surface area contributed by atoms with Crippen LogP contribution in [0.5, 0.6) is 0 Å². The predicted octanol–water partition coefficient (Wildman–Crippen LogP) is 0.155. The minimum Gasteiger partial charge on any atom is -0.348 e. The summed E-state index contributed by atoms with van der Waals surface area (Å²) in [6.45, 7) is -0.0905. The Morgan fingerprint density at radius 3 is 2.69 bits per heavy atom. The van der Waals surface area contributed by atoms with Crippen LogP contribution in [0.25, 0.3) is 0 Å². The first-order valence-electron chi connectivity index (χ1n) is 7.84. The van der Waals surface area contributed by atoms with Crippen molar-refractivity contribution >= 4 is 27.3 Å². The van der Waals surface area contributed by atoms with Crippen LogP contribution in [-0.2, 0) is 16.4 Å². The van der Waals surface area contributed by atoms with Crippen LogP contribution in [-0.4, -0.2) is 41.4 Å². The molecule has 2 heterocycles. The lowest BCUT2D eigenvalue weighted by Crippen LogP contribution is -2.43. The second kappa shape index (κ2) is 7.08. The normalized spacial score (nSPS) is 18.6. The molecular weight excluding hydrogens is 382 g/mol. The second-order valence-electron chi connectivity index (χ2n) is 6.06. The molecule has 1 unspecified atom stereocenters. The minimum atomic E-state index is -3.16. The molecule has 8 nitrogen and oxygen atoms in total. The van der Waals surface area contributed by atoms with Crippen LogP contribution >= 0.6 is 11.6 Å². The van der Waals surface area contributed by atoms with E-state index in [1.165, 1.54) is 0 Å². The average molecular weight is 398 g/mol. The van der Waals surface area contributed by atoms with Gasteiger partial charge in [-0.05, 0) is 18.1 Å². The molecule has 1 aliphatic rings. The highest BCUT2D eigenvalue weighted by Crippen LogP contribution is 2.15. The molecule has 2 N–H and O–H groups in total. The zero-order valence-corrected chi connectivity index (χ0v) is 15.1. The molecule has 0 saturated carbocycles. The van der Waals surface area contributed by atoms with Crippen molar-refractivity contribution in [2.75, 3.05) is 11.5 Å². The molecule has 1 fully saturated rings. The van der Waals surface area contributed by atoms with Gasteiger partial charge in [-0.25, -0.2) is 13.2 Å². The van der Waals surface area contributed by atoms with E-state index in [9.17, 15) is 22.8 Å². The molecule has 3 rings (SSSR count). The Labute approximate surface area is 153 Å². The Kier molecular flexibility index (Phi) is 5.01. The van der Waals surface area contributed by atoms with Crippen LogP contribution < -0.4 is 16.6 Å². The first kappa shape index (κ1) is 18.4. The number of carbonyl (C=O) groups excluding carboxylic acids is 1. The number of halogens is 1. The van der Waals surface area contributed by atoms with Gasteiger partial charge in [0.15, 0.2) is 9.84 Å². The molecule has 0 aliphatic carbocycles. The molecule has 10 heteroatoms. The van der Waals surface area contributed by atoms with Gasteiger partial charge in [-0.2, -0.15) is 0 Å². The van der Waals surface area contributed by atoms with Crippen molar-refractivity contribution in [3.8, 4) is 0 Å². The van der Waals surface area contributed by atoms with E-state index in [4.69, 9.17) is 11.6 Å². The van der Waals surface area contributed by atoms with E-state index in [1.54, 1.807) is 24.3 Å². The van der Waals surface area contributed by atoms with Crippen molar-refractivity contribution in [3.05, 3.63) is 67.4 Å². The maximum Gasteiger partial charge on any atom is 0.328 e. The van der Waals surface area contributed by atoms with Gasteiger partial charge in [-0.3, -0.25) is 14.2 Å². The maximum atomic E-state index is 12.6. The summed E-state index contributed by atoms with van der Waals surface area (Å²) in [6, 6.07) is 6.20. The van der Waals surface area contributed by atoms with Crippen molar-refractivity contribution < 1.29 is 13.2 Å². The highest BCUT2D eigenvalue weighted by atomic mass is 35.5. The SMILES string of the molecule is O=C(NC1CCS(=O)(=O)C1)c1c[nH]c(=O)n(Cc2ccccc2Cl)c1=O. The fraction of sp³-hybridized carbons (Fsp3) is 0.312. The van der Waals surface area contributed by atoms with Crippen molar-refractivity contribution in [2.45, 2.75) is 19.0 Å². The number of benzene rings is 1. The van der Waals surface area contributed by atoms with E-state index >= 15 is 0 Å². The number of sulfone groups is 1. The van der Waals surface area contributed by atoms with Crippen LogP contribution in [0.4, 0.5) is 0 Å². The van der Waals surface area contributed by atoms with E-state index in [0.717, 1.165) is 10.8 Å². The number of hydrogen-bond donors (Lipinski definition) is 2. The number of aromatic amines is 1. The van der Waals surface area contributed by atoms with Gasteiger partial charge in [-0.1, -0.05) is 29.8 Å². The largest absolute Gasteiger partial charge is 0.348 e. The molecule has 1 aromatic heterocycles. The lowest BCUT2D eigenvalue weighted by atomic mass is 10.2. The van der Waals surface area contributed by atoms with Gasteiger partial charge in [-0.15, -0.1) is 0 Å². The smallest absolute Gasteiger partial charge is 0.328 e. The summed E-state index contributed by atoms with van der Waals surface area (Å²) in [5.74, 6) is -0.878. The third-order valence-electron chi connectivity index (χ3n) is 4.16. The average Bonchev–Trinajstić information content (AvgIpc) is 2.91. The van der Waals surface area contributed by atoms with E-state index < -0.39 is 33.0 Å². The highest BCUT2D eigenvalue weighted by Gasteiger charge is 2.30. The highest BCUT2D eigenvalue weighted by molar-refractivity contribution is 7.91. The second-order valence-corrected chi connectivity index (χ2v) is 8.70. The zero-order chi connectivity index (χ0) is 18.9. The number of hydrogen-bond acceptors (Lipinski definition) is 5. The summed E-state index contributed by atoms with van der Waals surface area (Å²) in [5.41, 5.74) is -1.15. The lowest BCUT2D eigenvalue weighted by molar-refractivity contribution is 0.0938. The molecule has 1 aliphatic heterocycles. The summed E-state index contributed by atoms with van der Waals surface area (Å²) >= 11 is 6.06. The third-order valence-corrected chi connectivity index (χ3v) is 6.30. The van der Waals surface area contributed by atoms with Gasteiger partial charge in [0, 0.05) is 17.3 Å². The van der Waals surface area contributed by atoms with Crippen LogP contribution in [0, 0.1) is 0 Å². The van der Waals surface area contributed by atoms with Crippen molar-refractivity contribution in [1.29, 1.82) is 0 Å². The summed E-state index contributed by atoms with van der Waals surface area (Å²) in [6.07, 6.45) is 1.33. The van der Waals surface area contributed by atoms with Crippen molar-refractivity contribution in [2.24, 2.45) is 0 Å². The van der Waals surface area contributed by atoms with Gasteiger partial charge >= 0.3 is 5.69 Å². The molecule has 2 aromatic rings. The molecule has 0 radical (unpaired) electrons. The van der Waals surface area contributed by atoms with Gasteiger partial charge < -0.3 is 10.3 Å². The number of nitrogens with one attached hydrogen (secondary N) is 2. The maximum absolute atomic E-state index is 12.6. The van der Waals surface area contributed by atoms with E-state index in [-0.39, 0.29) is 23.6 Å².